The topological polar surface area (TPSA) is 91.6 Å². The van der Waals surface area contributed by atoms with Crippen molar-refractivity contribution in [1.29, 1.82) is 0 Å². The third-order valence-electron chi connectivity index (χ3n) is 6.58. The number of aromatic nitrogens is 3. The van der Waals surface area contributed by atoms with E-state index < -0.39 is 6.04 Å². The zero-order valence-electron chi connectivity index (χ0n) is 21.2. The van der Waals surface area contributed by atoms with E-state index in [2.05, 4.69) is 5.10 Å². The number of nitrogens with zero attached hydrogens (tertiary/aromatic N) is 4. The van der Waals surface area contributed by atoms with Crippen molar-refractivity contribution >= 4 is 56.6 Å². The van der Waals surface area contributed by atoms with Gasteiger partial charge in [-0.05, 0) is 56.3 Å². The maximum atomic E-state index is 13.6. The smallest absolute Gasteiger partial charge is 0.328 e. The molecule has 0 aliphatic carbocycles. The van der Waals surface area contributed by atoms with Crippen LogP contribution in [0.2, 0.25) is 5.02 Å². The number of para-hydroxylation sites is 2. The minimum atomic E-state index is -0.542. The fourth-order valence-electron chi connectivity index (χ4n) is 4.67. The van der Waals surface area contributed by atoms with Gasteiger partial charge in [0.1, 0.15) is 11.6 Å². The fraction of sp³-hybridized carbons (Fsp3) is 0.133. The maximum Gasteiger partial charge on any atom is 0.328 e. The molecule has 0 unspecified atom stereocenters. The first-order chi connectivity index (χ1) is 18.9. The van der Waals surface area contributed by atoms with Gasteiger partial charge in [0.05, 0.1) is 23.7 Å². The van der Waals surface area contributed by atoms with Crippen LogP contribution in [0.25, 0.3) is 44.4 Å². The summed E-state index contributed by atoms with van der Waals surface area (Å²) >= 11 is 6.17. The standard InChI is InChI=1S/C30H23ClN4O4/c1-3-38-30(37)18(2)34-17-20(22-8-5-7-11-25(22)34)16-32-35-28(33-24-10-6-4-9-23(24)29(35)36)27-15-19-14-21(31)12-13-26(19)39-27/h4-18H,3H2,1-2H3/t18-/m0/s1. The fourth-order valence-corrected chi connectivity index (χ4v) is 4.85. The van der Waals surface area contributed by atoms with Crippen LogP contribution in [0.15, 0.2) is 93.3 Å². The summed E-state index contributed by atoms with van der Waals surface area (Å²) in [4.78, 5) is 30.9. The number of hydrogen-bond donors (Lipinski definition) is 0. The van der Waals surface area contributed by atoms with Gasteiger partial charge in [0.15, 0.2) is 5.76 Å². The molecule has 3 aromatic heterocycles. The molecule has 0 aliphatic rings. The molecule has 0 bridgehead atoms. The molecule has 1 atom stereocenters. The Morgan fingerprint density at radius 2 is 1.87 bits per heavy atom. The van der Waals surface area contributed by atoms with Crippen molar-refractivity contribution < 1.29 is 13.9 Å². The van der Waals surface area contributed by atoms with Crippen molar-refractivity contribution in [1.82, 2.24) is 14.2 Å². The Kier molecular flexibility index (Phi) is 6.24. The molecule has 0 amide bonds. The molecule has 0 spiro atoms. The van der Waals surface area contributed by atoms with Gasteiger partial charge in [-0.2, -0.15) is 9.78 Å². The molecule has 3 heterocycles. The predicted octanol–water partition coefficient (Wildman–Crippen LogP) is 6.42. The molecule has 9 heteroatoms. The molecule has 0 fully saturated rings. The second-order valence-electron chi connectivity index (χ2n) is 9.04. The van der Waals surface area contributed by atoms with Gasteiger partial charge in [-0.25, -0.2) is 9.78 Å². The van der Waals surface area contributed by atoms with Gasteiger partial charge < -0.3 is 13.7 Å². The number of ether oxygens (including phenoxy) is 1. The van der Waals surface area contributed by atoms with Crippen LogP contribution in [-0.4, -0.2) is 33.0 Å². The lowest BCUT2D eigenvalue weighted by molar-refractivity contribution is -0.146. The van der Waals surface area contributed by atoms with E-state index in [9.17, 15) is 9.59 Å². The Bertz CT molecular complexity index is 1970. The Hall–Kier alpha value is -4.69. The van der Waals surface area contributed by atoms with Gasteiger partial charge in [-0.15, -0.1) is 0 Å². The lowest BCUT2D eigenvalue weighted by atomic mass is 10.2. The molecule has 194 valence electrons. The van der Waals surface area contributed by atoms with Gasteiger partial charge in [0, 0.05) is 33.1 Å². The van der Waals surface area contributed by atoms with Gasteiger partial charge >= 0.3 is 5.97 Å². The van der Waals surface area contributed by atoms with Crippen LogP contribution in [0.3, 0.4) is 0 Å². The van der Waals surface area contributed by atoms with Crippen LogP contribution in [0.1, 0.15) is 25.5 Å². The first-order valence-electron chi connectivity index (χ1n) is 12.5. The summed E-state index contributed by atoms with van der Waals surface area (Å²) < 4.78 is 14.4. The summed E-state index contributed by atoms with van der Waals surface area (Å²) in [5.41, 5.74) is 2.38. The zero-order valence-corrected chi connectivity index (χ0v) is 21.9. The predicted molar refractivity (Wildman–Crippen MR) is 152 cm³/mol. The molecule has 3 aromatic carbocycles. The number of rotatable bonds is 6. The number of benzene rings is 3. The van der Waals surface area contributed by atoms with E-state index in [4.69, 9.17) is 25.7 Å². The first kappa shape index (κ1) is 24.6. The average molecular weight is 539 g/mol. The monoisotopic (exact) mass is 538 g/mol. The van der Waals surface area contributed by atoms with Crippen molar-refractivity contribution in [3.05, 3.63) is 99.9 Å². The van der Waals surface area contributed by atoms with Crippen LogP contribution >= 0.6 is 11.6 Å². The van der Waals surface area contributed by atoms with E-state index in [0.717, 1.165) is 21.9 Å². The van der Waals surface area contributed by atoms with Crippen molar-refractivity contribution in [3.63, 3.8) is 0 Å². The van der Waals surface area contributed by atoms with E-state index in [-0.39, 0.29) is 17.4 Å². The van der Waals surface area contributed by atoms with Crippen LogP contribution in [-0.2, 0) is 9.53 Å². The highest BCUT2D eigenvalue weighted by Gasteiger charge is 2.20. The van der Waals surface area contributed by atoms with Crippen molar-refractivity contribution in [2.75, 3.05) is 6.61 Å². The average Bonchev–Trinajstić information content (AvgIpc) is 3.53. The van der Waals surface area contributed by atoms with Gasteiger partial charge in [0.25, 0.3) is 5.56 Å². The Morgan fingerprint density at radius 3 is 2.69 bits per heavy atom. The second-order valence-corrected chi connectivity index (χ2v) is 9.48. The third kappa shape index (κ3) is 4.38. The molecule has 8 nitrogen and oxygen atoms in total. The molecule has 0 aliphatic heterocycles. The molecule has 39 heavy (non-hydrogen) atoms. The molecular formula is C30H23ClN4O4. The molecular weight excluding hydrogens is 516 g/mol. The number of furan rings is 1. The van der Waals surface area contributed by atoms with Crippen molar-refractivity contribution in [2.45, 2.75) is 19.9 Å². The summed E-state index contributed by atoms with van der Waals surface area (Å²) in [6, 6.07) is 21.3. The first-order valence-corrected chi connectivity index (χ1v) is 12.8. The van der Waals surface area contributed by atoms with Crippen LogP contribution in [0.5, 0.6) is 0 Å². The Balaban J connectivity index is 1.52. The normalized spacial score (nSPS) is 12.6. The molecule has 0 radical (unpaired) electrons. The molecule has 0 saturated heterocycles. The summed E-state index contributed by atoms with van der Waals surface area (Å²) in [6.45, 7) is 3.86. The summed E-state index contributed by atoms with van der Waals surface area (Å²) in [5.74, 6) is 0.306. The number of esters is 1. The van der Waals surface area contributed by atoms with Gasteiger partial charge in [-0.3, -0.25) is 4.79 Å². The summed E-state index contributed by atoms with van der Waals surface area (Å²) in [7, 11) is 0. The number of halogens is 1. The highest BCUT2D eigenvalue weighted by molar-refractivity contribution is 6.31. The number of carbonyl (C=O) groups is 1. The minimum Gasteiger partial charge on any atom is -0.464 e. The lowest BCUT2D eigenvalue weighted by Crippen LogP contribution is -2.20. The second kappa shape index (κ2) is 9.89. The van der Waals surface area contributed by atoms with Crippen LogP contribution in [0.4, 0.5) is 0 Å². The van der Waals surface area contributed by atoms with Crippen molar-refractivity contribution in [2.24, 2.45) is 5.10 Å². The highest BCUT2D eigenvalue weighted by Crippen LogP contribution is 2.29. The maximum absolute atomic E-state index is 13.6. The largest absolute Gasteiger partial charge is 0.464 e. The van der Waals surface area contributed by atoms with E-state index in [0.29, 0.717) is 33.9 Å². The summed E-state index contributed by atoms with van der Waals surface area (Å²) in [6.07, 6.45) is 3.43. The number of carbonyl (C=O) groups excluding carboxylic acids is 1. The van der Waals surface area contributed by atoms with Gasteiger partial charge in [-0.1, -0.05) is 41.9 Å². The summed E-state index contributed by atoms with van der Waals surface area (Å²) in [5, 5.41) is 7.25. The van der Waals surface area contributed by atoms with E-state index in [1.54, 1.807) is 62.5 Å². The molecule has 0 saturated carbocycles. The number of fused-ring (bicyclic) bond motifs is 3. The van der Waals surface area contributed by atoms with Crippen LogP contribution in [0, 0.1) is 0 Å². The van der Waals surface area contributed by atoms with E-state index >= 15 is 0 Å². The molecule has 6 aromatic rings. The third-order valence-corrected chi connectivity index (χ3v) is 6.82. The molecule has 0 N–H and O–H groups in total. The van der Waals surface area contributed by atoms with Crippen LogP contribution < -0.4 is 5.56 Å². The minimum absolute atomic E-state index is 0.255. The lowest BCUT2D eigenvalue weighted by Gasteiger charge is -2.13. The van der Waals surface area contributed by atoms with E-state index in [1.165, 1.54) is 4.68 Å². The van der Waals surface area contributed by atoms with E-state index in [1.807, 2.05) is 41.1 Å². The Labute approximate surface area is 227 Å². The Morgan fingerprint density at radius 1 is 1.10 bits per heavy atom. The number of hydrogen-bond acceptors (Lipinski definition) is 6. The highest BCUT2D eigenvalue weighted by atomic mass is 35.5. The van der Waals surface area contributed by atoms with Crippen molar-refractivity contribution in [3.8, 4) is 11.6 Å². The zero-order chi connectivity index (χ0) is 27.1. The van der Waals surface area contributed by atoms with Gasteiger partial charge in [0.2, 0.25) is 5.82 Å². The quantitative estimate of drug-likeness (QED) is 0.180. The SMILES string of the molecule is CCOC(=O)[C@H](C)n1cc(C=Nn2c(-c3cc4cc(Cl)ccc4o3)nc3ccccc3c2=O)c2ccccc21. The molecule has 6 rings (SSSR count).